The maximum Gasteiger partial charge on any atom is 0.205 e. The summed E-state index contributed by atoms with van der Waals surface area (Å²) in [6, 6.07) is 0. The molecule has 15 heavy (non-hydrogen) atoms. The largest absolute Gasteiger partial charge is 0.461 e. The molecule has 0 spiro atoms. The highest BCUT2D eigenvalue weighted by atomic mass is 16.7. The van der Waals surface area contributed by atoms with Crippen LogP contribution in [0.3, 0.4) is 0 Å². The van der Waals surface area contributed by atoms with Crippen molar-refractivity contribution in [2.75, 3.05) is 0 Å². The van der Waals surface area contributed by atoms with Gasteiger partial charge in [-0.25, -0.2) is 0 Å². The monoisotopic (exact) mass is 209 g/mol. The van der Waals surface area contributed by atoms with Gasteiger partial charge in [-0.15, -0.1) is 0 Å². The molecule has 2 heterocycles. The Balaban J connectivity index is 2.50. The first-order valence-electron chi connectivity index (χ1n) is 4.94. The van der Waals surface area contributed by atoms with Gasteiger partial charge in [0.2, 0.25) is 5.79 Å². The first-order chi connectivity index (χ1) is 7.03. The van der Waals surface area contributed by atoms with E-state index in [0.29, 0.717) is 6.61 Å². The summed E-state index contributed by atoms with van der Waals surface area (Å²) in [5, 5.41) is 9.16. The smallest absolute Gasteiger partial charge is 0.205 e. The Morgan fingerprint density at radius 1 is 1.53 bits per heavy atom. The van der Waals surface area contributed by atoms with Crippen molar-refractivity contribution in [1.29, 1.82) is 0 Å². The number of aryl methyl sites for hydroxylation is 1. The fourth-order valence-corrected chi connectivity index (χ4v) is 1.63. The molecule has 0 saturated heterocycles. The van der Waals surface area contributed by atoms with Gasteiger partial charge in [-0.05, 0) is 6.92 Å². The number of pyridine rings is 1. The molecule has 82 valence electrons. The number of aliphatic hydroxyl groups excluding tert-OH is 1. The van der Waals surface area contributed by atoms with Crippen LogP contribution >= 0.6 is 0 Å². The molecule has 0 aliphatic carbocycles. The van der Waals surface area contributed by atoms with E-state index in [1.807, 2.05) is 20.8 Å². The van der Waals surface area contributed by atoms with Crippen molar-refractivity contribution in [2.24, 2.45) is 0 Å². The Kier molecular flexibility index (Phi) is 2.40. The van der Waals surface area contributed by atoms with E-state index in [4.69, 9.17) is 14.6 Å². The average molecular weight is 209 g/mol. The molecule has 4 nitrogen and oxygen atoms in total. The molecule has 0 fully saturated rings. The van der Waals surface area contributed by atoms with Crippen molar-refractivity contribution in [3.8, 4) is 5.75 Å². The molecule has 0 unspecified atom stereocenters. The second-order valence-corrected chi connectivity index (χ2v) is 4.13. The van der Waals surface area contributed by atoms with Gasteiger partial charge >= 0.3 is 0 Å². The zero-order valence-electron chi connectivity index (χ0n) is 9.20. The highest BCUT2D eigenvalue weighted by Crippen LogP contribution is 2.34. The van der Waals surface area contributed by atoms with Crippen LogP contribution in [0.5, 0.6) is 5.75 Å². The predicted molar refractivity (Wildman–Crippen MR) is 54.4 cm³/mol. The molecule has 0 bridgehead atoms. The normalized spacial score (nSPS) is 18.1. The van der Waals surface area contributed by atoms with E-state index in [0.717, 1.165) is 22.6 Å². The Hall–Kier alpha value is -1.13. The molecule has 2 rings (SSSR count). The van der Waals surface area contributed by atoms with Crippen LogP contribution in [-0.4, -0.2) is 15.9 Å². The summed E-state index contributed by atoms with van der Waals surface area (Å²) in [5.74, 6) is 0.130. The van der Waals surface area contributed by atoms with Crippen LogP contribution in [0.4, 0.5) is 0 Å². The summed E-state index contributed by atoms with van der Waals surface area (Å²) in [4.78, 5) is 4.19. The third-order valence-corrected chi connectivity index (χ3v) is 2.49. The van der Waals surface area contributed by atoms with Crippen LogP contribution in [0.2, 0.25) is 0 Å². The number of aromatic nitrogens is 1. The van der Waals surface area contributed by atoms with Gasteiger partial charge in [-0.3, -0.25) is 4.98 Å². The molecular formula is C11H15NO3. The van der Waals surface area contributed by atoms with E-state index in [2.05, 4.69) is 4.98 Å². The molecule has 0 radical (unpaired) electrons. The Labute approximate surface area is 88.9 Å². The number of rotatable bonds is 1. The van der Waals surface area contributed by atoms with Crippen LogP contribution in [0, 0.1) is 6.92 Å². The molecule has 0 amide bonds. The van der Waals surface area contributed by atoms with Gasteiger partial charge in [0.15, 0.2) is 0 Å². The molecule has 4 heteroatoms. The number of hydrogen-bond acceptors (Lipinski definition) is 4. The number of hydrogen-bond donors (Lipinski definition) is 1. The SMILES string of the molecule is Cc1ncc(CO)c2c1OC(C)(C)OC2. The van der Waals surface area contributed by atoms with Crippen LogP contribution in [0.25, 0.3) is 0 Å². The maximum absolute atomic E-state index is 9.16. The third-order valence-electron chi connectivity index (χ3n) is 2.49. The molecule has 1 aliphatic rings. The van der Waals surface area contributed by atoms with E-state index in [-0.39, 0.29) is 6.61 Å². The second kappa shape index (κ2) is 3.47. The lowest BCUT2D eigenvalue weighted by Gasteiger charge is -2.33. The summed E-state index contributed by atoms with van der Waals surface area (Å²) in [6.07, 6.45) is 1.67. The Morgan fingerprint density at radius 2 is 2.27 bits per heavy atom. The van der Waals surface area contributed by atoms with Gasteiger partial charge in [0.1, 0.15) is 5.75 Å². The van der Waals surface area contributed by atoms with Crippen molar-refractivity contribution in [3.63, 3.8) is 0 Å². The van der Waals surface area contributed by atoms with Crippen LogP contribution in [0.1, 0.15) is 30.7 Å². The lowest BCUT2D eigenvalue weighted by Crippen LogP contribution is -2.36. The molecule has 0 atom stereocenters. The summed E-state index contributed by atoms with van der Waals surface area (Å²) in [5.41, 5.74) is 2.51. The number of aliphatic hydroxyl groups is 1. The van der Waals surface area contributed by atoms with E-state index >= 15 is 0 Å². The van der Waals surface area contributed by atoms with Gasteiger partial charge in [0, 0.05) is 31.2 Å². The Morgan fingerprint density at radius 3 is 2.93 bits per heavy atom. The molecule has 0 aromatic carbocycles. The molecule has 1 aliphatic heterocycles. The van der Waals surface area contributed by atoms with Gasteiger partial charge in [0.05, 0.1) is 18.9 Å². The average Bonchev–Trinajstić information content (AvgIpc) is 2.18. The minimum absolute atomic E-state index is 0.0389. The van der Waals surface area contributed by atoms with Crippen molar-refractivity contribution in [3.05, 3.63) is 23.0 Å². The van der Waals surface area contributed by atoms with Gasteiger partial charge in [-0.1, -0.05) is 0 Å². The summed E-state index contributed by atoms with van der Waals surface area (Å²) in [7, 11) is 0. The van der Waals surface area contributed by atoms with Crippen molar-refractivity contribution < 1.29 is 14.6 Å². The van der Waals surface area contributed by atoms with E-state index in [9.17, 15) is 0 Å². The third kappa shape index (κ3) is 1.82. The zero-order valence-corrected chi connectivity index (χ0v) is 9.20. The lowest BCUT2D eigenvalue weighted by atomic mass is 10.1. The van der Waals surface area contributed by atoms with Crippen molar-refractivity contribution in [2.45, 2.75) is 39.8 Å². The van der Waals surface area contributed by atoms with Crippen LogP contribution < -0.4 is 4.74 Å². The molecular weight excluding hydrogens is 194 g/mol. The fourth-order valence-electron chi connectivity index (χ4n) is 1.63. The minimum atomic E-state index is -0.618. The molecule has 1 aromatic rings. The topological polar surface area (TPSA) is 51.6 Å². The first kappa shape index (κ1) is 10.4. The Bertz CT molecular complexity index is 388. The number of fused-ring (bicyclic) bond motifs is 1. The van der Waals surface area contributed by atoms with Crippen LogP contribution in [-0.2, 0) is 18.0 Å². The second-order valence-electron chi connectivity index (χ2n) is 4.13. The summed E-state index contributed by atoms with van der Waals surface area (Å²) in [6.45, 7) is 6.04. The van der Waals surface area contributed by atoms with Gasteiger partial charge < -0.3 is 14.6 Å². The molecule has 1 aromatic heterocycles. The summed E-state index contributed by atoms with van der Waals surface area (Å²) >= 11 is 0. The molecule has 1 N–H and O–H groups in total. The minimum Gasteiger partial charge on any atom is -0.461 e. The highest BCUT2D eigenvalue weighted by molar-refractivity contribution is 5.42. The summed E-state index contributed by atoms with van der Waals surface area (Å²) < 4.78 is 11.2. The van der Waals surface area contributed by atoms with Gasteiger partial charge in [0.25, 0.3) is 0 Å². The molecule has 0 saturated carbocycles. The number of ether oxygens (including phenoxy) is 2. The van der Waals surface area contributed by atoms with E-state index < -0.39 is 5.79 Å². The highest BCUT2D eigenvalue weighted by Gasteiger charge is 2.30. The predicted octanol–water partition coefficient (Wildman–Crippen LogP) is 1.53. The maximum atomic E-state index is 9.16. The van der Waals surface area contributed by atoms with Crippen LogP contribution in [0.15, 0.2) is 6.20 Å². The van der Waals surface area contributed by atoms with E-state index in [1.165, 1.54) is 0 Å². The fraction of sp³-hybridized carbons (Fsp3) is 0.545. The number of nitrogens with zero attached hydrogens (tertiary/aromatic N) is 1. The van der Waals surface area contributed by atoms with Crippen molar-refractivity contribution >= 4 is 0 Å². The van der Waals surface area contributed by atoms with Crippen molar-refractivity contribution in [1.82, 2.24) is 4.98 Å². The standard InChI is InChI=1S/C11H15NO3/c1-7-10-9(8(5-13)4-12-7)6-14-11(2,3)15-10/h4,13H,5-6H2,1-3H3. The zero-order chi connectivity index (χ0) is 11.1. The quantitative estimate of drug-likeness (QED) is 0.762. The first-order valence-corrected chi connectivity index (χ1v) is 4.94. The van der Waals surface area contributed by atoms with Gasteiger partial charge in [-0.2, -0.15) is 0 Å². The lowest BCUT2D eigenvalue weighted by molar-refractivity contribution is -0.181. The van der Waals surface area contributed by atoms with E-state index in [1.54, 1.807) is 6.20 Å².